The standard InChI is InChI=1S/C8H17NOS2/c9-7(10)5-3-1-2-4-6-8(11)12/h8,11-12H,1-6H2,(H2,9,10). The van der Waals surface area contributed by atoms with Gasteiger partial charge in [-0.2, -0.15) is 25.3 Å². The highest BCUT2D eigenvalue weighted by molar-refractivity contribution is 7.99. The summed E-state index contributed by atoms with van der Waals surface area (Å²) in [5, 5.41) is 0. The second-order valence-corrected chi connectivity index (χ2v) is 4.55. The summed E-state index contributed by atoms with van der Waals surface area (Å²) in [7, 11) is 0. The minimum atomic E-state index is -0.198. The van der Waals surface area contributed by atoms with E-state index in [1.54, 1.807) is 0 Å². The molecule has 0 bridgehead atoms. The summed E-state index contributed by atoms with van der Waals surface area (Å²) in [6.45, 7) is 0. The van der Waals surface area contributed by atoms with E-state index in [9.17, 15) is 4.79 Å². The first-order valence-corrected chi connectivity index (χ1v) is 5.30. The maximum absolute atomic E-state index is 10.3. The third-order valence-corrected chi connectivity index (χ3v) is 2.15. The number of hydrogen-bond acceptors (Lipinski definition) is 3. The third-order valence-electron chi connectivity index (χ3n) is 1.64. The first-order valence-electron chi connectivity index (χ1n) is 4.27. The van der Waals surface area contributed by atoms with Gasteiger partial charge in [0.05, 0.1) is 0 Å². The molecule has 2 N–H and O–H groups in total. The molecule has 72 valence electrons. The average Bonchev–Trinajstić information content (AvgIpc) is 1.95. The third kappa shape index (κ3) is 10.2. The molecular weight excluding hydrogens is 190 g/mol. The number of nitrogens with two attached hydrogens (primary N) is 1. The average molecular weight is 207 g/mol. The zero-order valence-electron chi connectivity index (χ0n) is 7.20. The van der Waals surface area contributed by atoms with Crippen molar-refractivity contribution in [3.8, 4) is 0 Å². The summed E-state index contributed by atoms with van der Waals surface area (Å²) >= 11 is 8.29. The summed E-state index contributed by atoms with van der Waals surface area (Å²) in [5.41, 5.74) is 4.99. The van der Waals surface area contributed by atoms with Crippen LogP contribution in [0.5, 0.6) is 0 Å². The first-order chi connectivity index (χ1) is 5.63. The number of carbonyl (C=O) groups excluding carboxylic acids is 1. The molecule has 0 aromatic carbocycles. The van der Waals surface area contributed by atoms with E-state index in [2.05, 4.69) is 25.3 Å². The van der Waals surface area contributed by atoms with Gasteiger partial charge in [-0.25, -0.2) is 0 Å². The second kappa shape index (κ2) is 7.80. The van der Waals surface area contributed by atoms with Crippen molar-refractivity contribution in [1.29, 1.82) is 0 Å². The molecule has 2 nitrogen and oxygen atoms in total. The van der Waals surface area contributed by atoms with Crippen LogP contribution in [0.3, 0.4) is 0 Å². The second-order valence-electron chi connectivity index (χ2n) is 2.90. The number of rotatable bonds is 7. The Hall–Kier alpha value is 0.170. The Kier molecular flexibility index (Phi) is 7.91. The van der Waals surface area contributed by atoms with Crippen LogP contribution in [0.1, 0.15) is 38.5 Å². The van der Waals surface area contributed by atoms with Crippen LogP contribution in [0, 0.1) is 0 Å². The van der Waals surface area contributed by atoms with Gasteiger partial charge in [0.1, 0.15) is 0 Å². The Morgan fingerprint density at radius 1 is 1.17 bits per heavy atom. The maximum Gasteiger partial charge on any atom is 0.217 e. The topological polar surface area (TPSA) is 43.1 Å². The molecule has 0 aliphatic heterocycles. The van der Waals surface area contributed by atoms with Gasteiger partial charge in [-0.05, 0) is 12.8 Å². The Labute approximate surface area is 85.1 Å². The van der Waals surface area contributed by atoms with Crippen molar-refractivity contribution in [3.63, 3.8) is 0 Å². The quantitative estimate of drug-likeness (QED) is 0.334. The fraction of sp³-hybridized carbons (Fsp3) is 0.875. The normalized spacial score (nSPS) is 10.6. The van der Waals surface area contributed by atoms with E-state index in [0.717, 1.165) is 32.1 Å². The molecule has 0 spiro atoms. The van der Waals surface area contributed by atoms with E-state index < -0.39 is 0 Å². The highest BCUT2D eigenvalue weighted by Crippen LogP contribution is 2.12. The van der Waals surface area contributed by atoms with Gasteiger partial charge in [-0.15, -0.1) is 0 Å². The zero-order chi connectivity index (χ0) is 9.40. The van der Waals surface area contributed by atoms with Gasteiger partial charge in [0.25, 0.3) is 0 Å². The lowest BCUT2D eigenvalue weighted by molar-refractivity contribution is -0.118. The van der Waals surface area contributed by atoms with E-state index in [1.807, 2.05) is 0 Å². The smallest absolute Gasteiger partial charge is 0.217 e. The molecule has 0 fully saturated rings. The first kappa shape index (κ1) is 12.2. The van der Waals surface area contributed by atoms with E-state index in [-0.39, 0.29) is 10.5 Å². The number of thiol groups is 2. The molecule has 0 aromatic heterocycles. The van der Waals surface area contributed by atoms with E-state index in [0.29, 0.717) is 6.42 Å². The molecule has 0 rings (SSSR count). The van der Waals surface area contributed by atoms with Gasteiger partial charge in [0.15, 0.2) is 0 Å². The summed E-state index contributed by atoms with van der Waals surface area (Å²) in [6.07, 6.45) is 5.83. The van der Waals surface area contributed by atoms with Crippen LogP contribution >= 0.6 is 25.3 Å². The Balaban J connectivity index is 2.96. The Morgan fingerprint density at radius 3 is 2.25 bits per heavy atom. The van der Waals surface area contributed by atoms with Crippen molar-refractivity contribution in [3.05, 3.63) is 0 Å². The molecule has 1 amide bonds. The fourth-order valence-corrected chi connectivity index (χ4v) is 1.34. The lowest BCUT2D eigenvalue weighted by Gasteiger charge is -2.02. The molecule has 12 heavy (non-hydrogen) atoms. The van der Waals surface area contributed by atoms with Crippen LogP contribution in [0.25, 0.3) is 0 Å². The van der Waals surface area contributed by atoms with E-state index >= 15 is 0 Å². The summed E-state index contributed by atoms with van der Waals surface area (Å²) < 4.78 is 0.196. The van der Waals surface area contributed by atoms with Gasteiger partial charge in [-0.1, -0.05) is 19.3 Å². The van der Waals surface area contributed by atoms with Gasteiger partial charge < -0.3 is 5.73 Å². The molecule has 0 radical (unpaired) electrons. The largest absolute Gasteiger partial charge is 0.370 e. The number of unbranched alkanes of at least 4 members (excludes halogenated alkanes) is 3. The van der Waals surface area contributed by atoms with Gasteiger partial charge in [0.2, 0.25) is 5.91 Å². The van der Waals surface area contributed by atoms with Crippen LogP contribution in [0.4, 0.5) is 0 Å². The Morgan fingerprint density at radius 2 is 1.75 bits per heavy atom. The highest BCUT2D eigenvalue weighted by atomic mass is 32.2. The van der Waals surface area contributed by atoms with Crippen LogP contribution in [0.15, 0.2) is 0 Å². The van der Waals surface area contributed by atoms with Gasteiger partial charge >= 0.3 is 0 Å². The summed E-state index contributed by atoms with van der Waals surface area (Å²) in [6, 6.07) is 0. The molecule has 0 atom stereocenters. The lowest BCUT2D eigenvalue weighted by atomic mass is 10.1. The van der Waals surface area contributed by atoms with Gasteiger partial charge in [-0.3, -0.25) is 4.79 Å². The van der Waals surface area contributed by atoms with E-state index in [4.69, 9.17) is 5.73 Å². The highest BCUT2D eigenvalue weighted by Gasteiger charge is 1.97. The van der Waals surface area contributed by atoms with Crippen molar-refractivity contribution in [2.45, 2.75) is 43.1 Å². The van der Waals surface area contributed by atoms with Crippen LogP contribution in [-0.4, -0.2) is 10.5 Å². The minimum Gasteiger partial charge on any atom is -0.370 e. The van der Waals surface area contributed by atoms with Crippen molar-refractivity contribution in [2.75, 3.05) is 0 Å². The SMILES string of the molecule is NC(=O)CCCCCCC(S)S. The molecular formula is C8H17NOS2. The summed E-state index contributed by atoms with van der Waals surface area (Å²) in [5.74, 6) is -0.198. The number of amides is 1. The van der Waals surface area contributed by atoms with E-state index in [1.165, 1.54) is 0 Å². The molecule has 0 unspecified atom stereocenters. The van der Waals surface area contributed by atoms with Crippen LogP contribution < -0.4 is 5.73 Å². The monoisotopic (exact) mass is 207 g/mol. The molecule has 0 heterocycles. The predicted molar refractivity (Wildman–Crippen MR) is 58.7 cm³/mol. The predicted octanol–water partition coefficient (Wildman–Crippen LogP) is 2.00. The molecule has 4 heteroatoms. The maximum atomic E-state index is 10.3. The molecule has 0 aliphatic carbocycles. The van der Waals surface area contributed by atoms with Gasteiger partial charge in [0, 0.05) is 11.0 Å². The van der Waals surface area contributed by atoms with Crippen molar-refractivity contribution in [1.82, 2.24) is 0 Å². The zero-order valence-corrected chi connectivity index (χ0v) is 8.99. The van der Waals surface area contributed by atoms with Crippen molar-refractivity contribution < 1.29 is 4.79 Å². The molecule has 0 saturated heterocycles. The number of carbonyl (C=O) groups is 1. The van der Waals surface area contributed by atoms with Crippen molar-refractivity contribution in [2.24, 2.45) is 5.73 Å². The van der Waals surface area contributed by atoms with Crippen LogP contribution in [-0.2, 0) is 4.79 Å². The summed E-state index contributed by atoms with van der Waals surface area (Å²) in [4.78, 5) is 10.3. The van der Waals surface area contributed by atoms with Crippen LogP contribution in [0.2, 0.25) is 0 Å². The molecule has 0 saturated carbocycles. The molecule has 0 aromatic rings. The number of hydrogen-bond donors (Lipinski definition) is 3. The molecule has 0 aliphatic rings. The minimum absolute atomic E-state index is 0.196. The number of primary amides is 1. The Bertz CT molecular complexity index is 128. The van der Waals surface area contributed by atoms with Crippen molar-refractivity contribution >= 4 is 31.2 Å². The lowest BCUT2D eigenvalue weighted by Crippen LogP contribution is -2.09. The fourth-order valence-electron chi connectivity index (χ4n) is 0.980.